The maximum absolute atomic E-state index is 13.8. The summed E-state index contributed by atoms with van der Waals surface area (Å²) in [5, 5.41) is 44.2. The Kier molecular flexibility index (Phi) is 14.0. The maximum atomic E-state index is 13.8. The molecule has 0 saturated carbocycles. The van der Waals surface area contributed by atoms with Gasteiger partial charge in [0.1, 0.15) is 18.2 Å². The second-order valence-electron chi connectivity index (χ2n) is 11.7. The van der Waals surface area contributed by atoms with E-state index in [0.717, 1.165) is 11.1 Å². The number of anilines is 1. The number of hydrogen-bond donors (Lipinski definition) is 6. The molecule has 1 saturated heterocycles. The molecule has 1 aliphatic rings. The molecule has 45 heavy (non-hydrogen) atoms. The first-order chi connectivity index (χ1) is 21.4. The van der Waals surface area contributed by atoms with Crippen LogP contribution in [0, 0.1) is 0 Å². The van der Waals surface area contributed by atoms with Crippen LogP contribution in [-0.4, -0.2) is 123 Å². The highest BCUT2D eigenvalue weighted by atomic mass is 32.2. The van der Waals surface area contributed by atoms with Gasteiger partial charge in [-0.25, -0.2) is 8.42 Å². The van der Waals surface area contributed by atoms with Gasteiger partial charge in [-0.05, 0) is 44.4 Å². The van der Waals surface area contributed by atoms with Crippen LogP contribution in [0.3, 0.4) is 0 Å². The normalized spacial score (nSPS) is 21.4. The van der Waals surface area contributed by atoms with Crippen molar-refractivity contribution < 1.29 is 43.2 Å². The van der Waals surface area contributed by atoms with E-state index < -0.39 is 52.9 Å². The second-order valence-corrected chi connectivity index (χ2v) is 13.3. The Hall–Kier alpha value is -2.85. The van der Waals surface area contributed by atoms with Gasteiger partial charge in [0, 0.05) is 50.1 Å². The van der Waals surface area contributed by atoms with Crippen LogP contribution in [0.2, 0.25) is 0 Å². The predicted molar refractivity (Wildman–Crippen MR) is 170 cm³/mol. The highest BCUT2D eigenvalue weighted by Gasteiger charge is 2.40. The van der Waals surface area contributed by atoms with Gasteiger partial charge in [-0.2, -0.15) is 4.72 Å². The van der Waals surface area contributed by atoms with Crippen molar-refractivity contribution in [2.45, 2.75) is 80.2 Å². The van der Waals surface area contributed by atoms with E-state index >= 15 is 0 Å². The van der Waals surface area contributed by atoms with E-state index in [1.165, 1.54) is 13.2 Å². The van der Waals surface area contributed by atoms with Crippen molar-refractivity contribution in [3.8, 4) is 0 Å². The van der Waals surface area contributed by atoms with E-state index in [9.17, 15) is 38.4 Å². The second kappa shape index (κ2) is 17.2. The third-order valence-corrected chi connectivity index (χ3v) is 9.76. The van der Waals surface area contributed by atoms with E-state index in [1.807, 2.05) is 31.1 Å². The Morgan fingerprint density at radius 3 is 2.40 bits per heavy atom. The number of fused-ring (bicyclic) bond motifs is 1. The number of ether oxygens (including phenoxy) is 1. The molecular weight excluding hydrogens is 604 g/mol. The van der Waals surface area contributed by atoms with Crippen LogP contribution in [0.15, 0.2) is 41.3 Å². The van der Waals surface area contributed by atoms with Gasteiger partial charge in [-0.3, -0.25) is 14.5 Å². The van der Waals surface area contributed by atoms with Gasteiger partial charge in [-0.1, -0.05) is 37.1 Å². The first-order valence-electron chi connectivity index (χ1n) is 15.4. The van der Waals surface area contributed by atoms with E-state index in [1.54, 1.807) is 23.1 Å². The van der Waals surface area contributed by atoms with Gasteiger partial charge in [0.2, 0.25) is 15.9 Å². The number of piperidine rings is 1. The first-order valence-corrected chi connectivity index (χ1v) is 16.8. The number of aliphatic hydroxyl groups is 4. The molecule has 0 unspecified atom stereocenters. The Bertz CT molecular complexity index is 1370. The summed E-state index contributed by atoms with van der Waals surface area (Å²) in [6.45, 7) is 0.314. The lowest BCUT2D eigenvalue weighted by Gasteiger charge is -2.43. The number of carbonyl (C=O) groups is 2. The highest BCUT2D eigenvalue weighted by Crippen LogP contribution is 2.30. The van der Waals surface area contributed by atoms with Gasteiger partial charge in [0.15, 0.2) is 0 Å². The monoisotopic (exact) mass is 652 g/mol. The number of β-amino-alcohol motifs (C(OH)–C–C–N with tert-alkyl or cyclic N) is 1. The number of unbranched alkanes of at least 4 members (excludes halogenated alkanes) is 3. The molecule has 0 spiro atoms. The largest absolute Gasteiger partial charge is 0.469 e. The zero-order chi connectivity index (χ0) is 33.1. The molecule has 2 aromatic rings. The average Bonchev–Trinajstić information content (AvgIpc) is 3.01. The van der Waals surface area contributed by atoms with E-state index in [0.29, 0.717) is 50.6 Å². The lowest BCUT2D eigenvalue weighted by molar-refractivity contribution is -0.145. The summed E-state index contributed by atoms with van der Waals surface area (Å²) in [5.41, 5.74) is 0.854. The van der Waals surface area contributed by atoms with Crippen molar-refractivity contribution >= 4 is 38.4 Å². The highest BCUT2D eigenvalue weighted by molar-refractivity contribution is 7.89. The number of esters is 1. The molecule has 6 N–H and O–H groups in total. The van der Waals surface area contributed by atoms with Crippen molar-refractivity contribution in [1.82, 2.24) is 14.9 Å². The van der Waals surface area contributed by atoms with Gasteiger partial charge in [-0.15, -0.1) is 0 Å². The molecule has 1 heterocycles. The number of methoxy groups -OCH3 is 1. The SMILES string of the molecule is COC(=O)CCCCCNC(=O)[C@H](CCCCN1C[C@H](O)[C@@H](O)[C@H](O)[C@@H]1CO)NS(=O)(=O)c1cccc2c(N(C)C)cccc12. The Balaban J connectivity index is 1.71. The molecule has 2 aromatic carbocycles. The van der Waals surface area contributed by atoms with Gasteiger partial charge in [0.25, 0.3) is 0 Å². The van der Waals surface area contributed by atoms with Gasteiger partial charge >= 0.3 is 5.97 Å². The zero-order valence-electron chi connectivity index (χ0n) is 26.3. The van der Waals surface area contributed by atoms with E-state index in [2.05, 4.69) is 14.8 Å². The topological polar surface area (TPSA) is 189 Å². The molecule has 1 aliphatic heterocycles. The number of carbonyl (C=O) groups excluding carboxylic acids is 2. The summed E-state index contributed by atoms with van der Waals surface area (Å²) >= 11 is 0. The molecular formula is C31H48N4O9S. The molecule has 5 atom stereocenters. The number of benzene rings is 2. The van der Waals surface area contributed by atoms with Crippen molar-refractivity contribution in [3.05, 3.63) is 36.4 Å². The molecule has 14 heteroatoms. The molecule has 0 bridgehead atoms. The Morgan fingerprint density at radius 1 is 1.00 bits per heavy atom. The molecule has 13 nitrogen and oxygen atoms in total. The van der Waals surface area contributed by atoms with Gasteiger partial charge in [0.05, 0.1) is 30.8 Å². The fourth-order valence-corrected chi connectivity index (χ4v) is 7.14. The van der Waals surface area contributed by atoms with Crippen LogP contribution >= 0.6 is 0 Å². The molecule has 0 aliphatic carbocycles. The maximum Gasteiger partial charge on any atom is 0.305 e. The quantitative estimate of drug-likeness (QED) is 0.102. The van der Waals surface area contributed by atoms with Crippen LogP contribution in [0.1, 0.15) is 44.9 Å². The number of rotatable bonds is 17. The molecule has 0 radical (unpaired) electrons. The summed E-state index contributed by atoms with van der Waals surface area (Å²) in [5.74, 6) is -0.768. The number of hydrogen-bond acceptors (Lipinski definition) is 11. The van der Waals surface area contributed by atoms with E-state index in [4.69, 9.17) is 0 Å². The van der Waals surface area contributed by atoms with Crippen molar-refractivity contribution in [1.29, 1.82) is 0 Å². The summed E-state index contributed by atoms with van der Waals surface area (Å²) in [6.07, 6.45) is -0.586. The van der Waals surface area contributed by atoms with Crippen molar-refractivity contribution in [2.75, 3.05) is 52.3 Å². The zero-order valence-corrected chi connectivity index (χ0v) is 27.1. The molecule has 1 amide bonds. The number of sulfonamides is 1. The molecule has 1 fully saturated rings. The summed E-state index contributed by atoms with van der Waals surface area (Å²) in [6, 6.07) is 8.62. The third-order valence-electron chi connectivity index (χ3n) is 8.23. The Morgan fingerprint density at radius 2 is 1.71 bits per heavy atom. The fraction of sp³-hybridized carbons (Fsp3) is 0.613. The Labute approximate surface area is 265 Å². The van der Waals surface area contributed by atoms with E-state index in [-0.39, 0.29) is 30.3 Å². The summed E-state index contributed by atoms with van der Waals surface area (Å²) in [4.78, 5) is 28.3. The first kappa shape index (κ1) is 36.6. The minimum Gasteiger partial charge on any atom is -0.469 e. The molecule has 3 rings (SSSR count). The van der Waals surface area contributed by atoms with Gasteiger partial charge < -0.3 is 35.4 Å². The summed E-state index contributed by atoms with van der Waals surface area (Å²) in [7, 11) is 0.947. The number of nitrogens with zero attached hydrogens (tertiary/aromatic N) is 2. The van der Waals surface area contributed by atoms with Crippen LogP contribution in [0.4, 0.5) is 5.69 Å². The van der Waals surface area contributed by atoms with Crippen LogP contribution in [-0.2, 0) is 24.3 Å². The standard InChI is InChI=1S/C31H48N4O9S/c1-34(2)24-14-9-12-22-21(24)11-10-15-27(22)45(42,43)33-23(31(41)32-17-7-4-5-16-28(38)44-3)13-6-8-18-35-19-26(37)30(40)29(39)25(35)20-36/h9-12,14-15,23,25-26,29-30,33,36-37,39-40H,4-8,13,16-20H2,1-3H3,(H,32,41)/t23-,25-,26-,29+,30+/m0/s1. The lowest BCUT2D eigenvalue weighted by Crippen LogP contribution is -2.62. The predicted octanol–water partition coefficient (Wildman–Crippen LogP) is 0.332. The van der Waals surface area contributed by atoms with Crippen molar-refractivity contribution in [3.63, 3.8) is 0 Å². The minimum absolute atomic E-state index is 0.0601. The molecule has 0 aromatic heterocycles. The number of amides is 1. The third kappa shape index (κ3) is 9.82. The van der Waals surface area contributed by atoms with Crippen LogP contribution in [0.5, 0.6) is 0 Å². The lowest BCUT2D eigenvalue weighted by atomic mass is 9.94. The fourth-order valence-electron chi connectivity index (χ4n) is 5.69. The average molecular weight is 653 g/mol. The number of likely N-dealkylation sites (tertiary alicyclic amines) is 1. The molecule has 252 valence electrons. The van der Waals surface area contributed by atoms with Crippen molar-refractivity contribution in [2.24, 2.45) is 0 Å². The smallest absolute Gasteiger partial charge is 0.305 e. The number of nitrogens with one attached hydrogen (secondary N) is 2. The van der Waals surface area contributed by atoms with Crippen LogP contribution < -0.4 is 14.9 Å². The van der Waals surface area contributed by atoms with Crippen LogP contribution in [0.25, 0.3) is 10.8 Å². The number of aliphatic hydroxyl groups excluding tert-OH is 4. The summed E-state index contributed by atoms with van der Waals surface area (Å²) < 4.78 is 34.8. The minimum atomic E-state index is -4.13.